The lowest BCUT2D eigenvalue weighted by Gasteiger charge is -2.24. The highest BCUT2D eigenvalue weighted by atomic mass is 32.2. The molecule has 1 amide bonds. The molecule has 0 aliphatic rings. The van der Waals surface area contributed by atoms with Crippen molar-refractivity contribution in [2.24, 2.45) is 0 Å². The van der Waals surface area contributed by atoms with Crippen LogP contribution in [-0.2, 0) is 27.7 Å². The zero-order chi connectivity index (χ0) is 21.4. The summed E-state index contributed by atoms with van der Waals surface area (Å²) in [5.41, 5.74) is 2.68. The van der Waals surface area contributed by atoms with Gasteiger partial charge >= 0.3 is 0 Å². The quantitative estimate of drug-likeness (QED) is 0.570. The molecular formula is C24H26N2O3S. The first-order chi connectivity index (χ1) is 14.5. The molecule has 0 heterocycles. The number of amides is 1. The van der Waals surface area contributed by atoms with Gasteiger partial charge in [-0.05, 0) is 48.2 Å². The number of anilines is 1. The molecule has 156 valence electrons. The van der Waals surface area contributed by atoms with Crippen LogP contribution >= 0.6 is 0 Å². The molecule has 0 saturated carbocycles. The van der Waals surface area contributed by atoms with Crippen LogP contribution in [0, 0.1) is 0 Å². The normalized spacial score (nSPS) is 11.1. The summed E-state index contributed by atoms with van der Waals surface area (Å²) in [5, 5.41) is 2.83. The molecule has 0 fully saturated rings. The maximum absolute atomic E-state index is 13.3. The second kappa shape index (κ2) is 10.1. The van der Waals surface area contributed by atoms with Crippen LogP contribution in [0.25, 0.3) is 0 Å². The summed E-state index contributed by atoms with van der Waals surface area (Å²) in [7, 11) is -3.87. The predicted molar refractivity (Wildman–Crippen MR) is 120 cm³/mol. The summed E-state index contributed by atoms with van der Waals surface area (Å²) in [5.74, 6) is -0.343. The van der Waals surface area contributed by atoms with Gasteiger partial charge in [0.15, 0.2) is 0 Å². The molecule has 5 nitrogen and oxygen atoms in total. The Morgan fingerprint density at radius 3 is 2.03 bits per heavy atom. The monoisotopic (exact) mass is 422 g/mol. The van der Waals surface area contributed by atoms with Crippen molar-refractivity contribution in [2.75, 3.05) is 17.4 Å². The van der Waals surface area contributed by atoms with Crippen molar-refractivity contribution >= 4 is 21.6 Å². The molecule has 3 aromatic rings. The molecule has 0 aliphatic carbocycles. The van der Waals surface area contributed by atoms with Crippen molar-refractivity contribution in [1.29, 1.82) is 0 Å². The van der Waals surface area contributed by atoms with Gasteiger partial charge in [0.05, 0.1) is 10.6 Å². The molecule has 0 spiro atoms. The standard InChI is InChI=1S/C24H26N2O3S/c1-2-20-13-15-22(16-14-20)26(30(28,29)23-11-7-4-8-12-23)19-24(27)25-18-17-21-9-5-3-6-10-21/h3-16H,2,17-19H2,1H3,(H,25,27). The summed E-state index contributed by atoms with van der Waals surface area (Å²) in [4.78, 5) is 12.8. The van der Waals surface area contributed by atoms with Crippen LogP contribution in [0.2, 0.25) is 0 Å². The number of carbonyl (C=O) groups excluding carboxylic acids is 1. The van der Waals surface area contributed by atoms with Gasteiger partial charge in [-0.25, -0.2) is 8.42 Å². The molecule has 0 unspecified atom stereocenters. The van der Waals surface area contributed by atoms with Crippen molar-refractivity contribution in [2.45, 2.75) is 24.7 Å². The predicted octanol–water partition coefficient (Wildman–Crippen LogP) is 3.80. The Labute approximate surface area is 178 Å². The second-order valence-electron chi connectivity index (χ2n) is 6.93. The van der Waals surface area contributed by atoms with Gasteiger partial charge in [-0.3, -0.25) is 9.10 Å². The number of nitrogens with one attached hydrogen (secondary N) is 1. The van der Waals surface area contributed by atoms with E-state index in [0.29, 0.717) is 18.7 Å². The topological polar surface area (TPSA) is 66.5 Å². The molecule has 0 bridgehead atoms. The highest BCUT2D eigenvalue weighted by Gasteiger charge is 2.26. The molecule has 3 rings (SSSR count). The van der Waals surface area contributed by atoms with E-state index in [1.165, 1.54) is 16.4 Å². The Bertz CT molecular complexity index is 1050. The first kappa shape index (κ1) is 21.6. The summed E-state index contributed by atoms with van der Waals surface area (Å²) in [6.07, 6.45) is 1.54. The van der Waals surface area contributed by atoms with Gasteiger partial charge in [0.1, 0.15) is 6.54 Å². The van der Waals surface area contributed by atoms with Crippen molar-refractivity contribution in [3.8, 4) is 0 Å². The number of benzene rings is 3. The Kier molecular flexibility index (Phi) is 7.25. The van der Waals surface area contributed by atoms with Gasteiger partial charge < -0.3 is 5.32 Å². The Morgan fingerprint density at radius 2 is 1.43 bits per heavy atom. The van der Waals surface area contributed by atoms with E-state index < -0.39 is 10.0 Å². The van der Waals surface area contributed by atoms with Crippen LogP contribution in [0.4, 0.5) is 5.69 Å². The number of rotatable bonds is 9. The molecule has 0 radical (unpaired) electrons. The van der Waals surface area contributed by atoms with Gasteiger partial charge in [0.25, 0.3) is 10.0 Å². The molecule has 0 atom stereocenters. The number of nitrogens with zero attached hydrogens (tertiary/aromatic N) is 1. The van der Waals surface area contributed by atoms with E-state index in [1.807, 2.05) is 49.4 Å². The van der Waals surface area contributed by atoms with Crippen molar-refractivity contribution < 1.29 is 13.2 Å². The molecular weight excluding hydrogens is 396 g/mol. The molecule has 3 aromatic carbocycles. The van der Waals surface area contributed by atoms with E-state index in [0.717, 1.165) is 17.5 Å². The molecule has 1 N–H and O–H groups in total. The van der Waals surface area contributed by atoms with Gasteiger partial charge in [-0.2, -0.15) is 0 Å². The van der Waals surface area contributed by atoms with Gasteiger partial charge in [0.2, 0.25) is 5.91 Å². The minimum Gasteiger partial charge on any atom is -0.354 e. The third-order valence-electron chi connectivity index (χ3n) is 4.83. The Morgan fingerprint density at radius 1 is 0.833 bits per heavy atom. The fourth-order valence-electron chi connectivity index (χ4n) is 3.11. The summed E-state index contributed by atoms with van der Waals surface area (Å²) >= 11 is 0. The van der Waals surface area contributed by atoms with Gasteiger partial charge in [0, 0.05) is 6.54 Å². The molecule has 0 saturated heterocycles. The zero-order valence-electron chi connectivity index (χ0n) is 17.0. The smallest absolute Gasteiger partial charge is 0.264 e. The van der Waals surface area contributed by atoms with Gasteiger partial charge in [-0.15, -0.1) is 0 Å². The van der Waals surface area contributed by atoms with Crippen LogP contribution in [0.1, 0.15) is 18.1 Å². The molecule has 0 aromatic heterocycles. The Hall–Kier alpha value is -3.12. The van der Waals surface area contributed by atoms with E-state index >= 15 is 0 Å². The lowest BCUT2D eigenvalue weighted by atomic mass is 10.1. The van der Waals surface area contributed by atoms with E-state index in [1.54, 1.807) is 30.3 Å². The second-order valence-corrected chi connectivity index (χ2v) is 8.79. The summed E-state index contributed by atoms with van der Waals surface area (Å²) in [6, 6.07) is 25.3. The first-order valence-electron chi connectivity index (χ1n) is 9.98. The highest BCUT2D eigenvalue weighted by molar-refractivity contribution is 7.92. The molecule has 6 heteroatoms. The van der Waals surface area contributed by atoms with E-state index in [2.05, 4.69) is 5.32 Å². The number of carbonyl (C=O) groups is 1. The van der Waals surface area contributed by atoms with Crippen molar-refractivity contribution in [3.63, 3.8) is 0 Å². The van der Waals surface area contributed by atoms with Gasteiger partial charge in [-0.1, -0.05) is 67.6 Å². The summed E-state index contributed by atoms with van der Waals surface area (Å²) < 4.78 is 27.7. The Balaban J connectivity index is 1.77. The third-order valence-corrected chi connectivity index (χ3v) is 6.62. The fourth-order valence-corrected chi connectivity index (χ4v) is 4.55. The molecule has 30 heavy (non-hydrogen) atoms. The minimum absolute atomic E-state index is 0.154. The number of aryl methyl sites for hydroxylation is 1. The number of sulfonamides is 1. The summed E-state index contributed by atoms with van der Waals surface area (Å²) in [6.45, 7) is 2.20. The fraction of sp³-hybridized carbons (Fsp3) is 0.208. The molecule has 0 aliphatic heterocycles. The highest BCUT2D eigenvalue weighted by Crippen LogP contribution is 2.24. The SMILES string of the molecule is CCc1ccc(N(CC(=O)NCCc2ccccc2)S(=O)(=O)c2ccccc2)cc1. The van der Waals surface area contributed by atoms with Crippen LogP contribution in [0.3, 0.4) is 0 Å². The maximum Gasteiger partial charge on any atom is 0.264 e. The van der Waals surface area contributed by atoms with Crippen LogP contribution < -0.4 is 9.62 Å². The van der Waals surface area contributed by atoms with E-state index in [9.17, 15) is 13.2 Å². The number of hydrogen-bond donors (Lipinski definition) is 1. The van der Waals surface area contributed by atoms with Crippen LogP contribution in [0.15, 0.2) is 89.8 Å². The largest absolute Gasteiger partial charge is 0.354 e. The van der Waals surface area contributed by atoms with Crippen LogP contribution in [0.5, 0.6) is 0 Å². The maximum atomic E-state index is 13.3. The first-order valence-corrected chi connectivity index (χ1v) is 11.4. The minimum atomic E-state index is -3.87. The van der Waals surface area contributed by atoms with E-state index in [4.69, 9.17) is 0 Å². The van der Waals surface area contributed by atoms with Crippen molar-refractivity contribution in [1.82, 2.24) is 5.32 Å². The van der Waals surface area contributed by atoms with E-state index in [-0.39, 0.29) is 17.3 Å². The van der Waals surface area contributed by atoms with Crippen LogP contribution in [-0.4, -0.2) is 27.4 Å². The average molecular weight is 423 g/mol. The lowest BCUT2D eigenvalue weighted by Crippen LogP contribution is -2.41. The zero-order valence-corrected chi connectivity index (χ0v) is 17.8. The average Bonchev–Trinajstić information content (AvgIpc) is 2.79. The number of hydrogen-bond acceptors (Lipinski definition) is 3. The lowest BCUT2D eigenvalue weighted by molar-refractivity contribution is -0.119. The third kappa shape index (κ3) is 5.48. The van der Waals surface area contributed by atoms with Crippen molar-refractivity contribution in [3.05, 3.63) is 96.1 Å².